The standard InChI is InChI=1S/C37H32.2C2H6/c1-5-16-27-18-15-23-32(31(27)7-3)28-24-25-34-33(17-6-2)35(8-4)37(36(34)26-28,29-19-11-9-12-20-29)30-21-13-10-14-22-30;2*1-2/h5-26H,3-4H2,1-2H3;2*1-2H3/b16-5-,17-6-;;. The van der Waals surface area contributed by atoms with Crippen molar-refractivity contribution in [3.05, 3.63) is 173 Å². The Hall–Kier alpha value is -4.42. The van der Waals surface area contributed by atoms with Crippen LogP contribution >= 0.6 is 0 Å². The number of benzene rings is 4. The summed E-state index contributed by atoms with van der Waals surface area (Å²) in [5, 5.41) is 0. The quantitative estimate of drug-likeness (QED) is 0.220. The molecule has 208 valence electrons. The molecule has 0 nitrogen and oxygen atoms in total. The van der Waals surface area contributed by atoms with Crippen LogP contribution in [0.15, 0.2) is 140 Å². The second kappa shape index (κ2) is 14.8. The molecule has 4 aromatic carbocycles. The molecule has 0 aromatic heterocycles. The molecule has 41 heavy (non-hydrogen) atoms. The van der Waals surface area contributed by atoms with Gasteiger partial charge in [-0.1, -0.05) is 168 Å². The van der Waals surface area contributed by atoms with E-state index in [-0.39, 0.29) is 0 Å². The van der Waals surface area contributed by atoms with Crippen molar-refractivity contribution in [2.24, 2.45) is 0 Å². The van der Waals surface area contributed by atoms with E-state index in [2.05, 4.69) is 148 Å². The summed E-state index contributed by atoms with van der Waals surface area (Å²) in [6.45, 7) is 20.6. The summed E-state index contributed by atoms with van der Waals surface area (Å²) < 4.78 is 0. The molecule has 4 aromatic rings. The van der Waals surface area contributed by atoms with Gasteiger partial charge in [0, 0.05) is 0 Å². The molecule has 0 unspecified atom stereocenters. The highest BCUT2D eigenvalue weighted by atomic mass is 14.5. The summed E-state index contributed by atoms with van der Waals surface area (Å²) >= 11 is 0. The first-order valence-corrected chi connectivity index (χ1v) is 14.8. The summed E-state index contributed by atoms with van der Waals surface area (Å²) in [7, 11) is 0. The third kappa shape index (κ3) is 5.61. The Morgan fingerprint density at radius 3 is 1.68 bits per heavy atom. The maximum absolute atomic E-state index is 4.33. The van der Waals surface area contributed by atoms with Gasteiger partial charge in [-0.25, -0.2) is 0 Å². The molecule has 0 heterocycles. The molecule has 0 atom stereocenters. The van der Waals surface area contributed by atoms with Crippen LogP contribution in [0.5, 0.6) is 0 Å². The van der Waals surface area contributed by atoms with E-state index < -0.39 is 5.41 Å². The Morgan fingerprint density at radius 2 is 1.17 bits per heavy atom. The first-order chi connectivity index (χ1) is 20.2. The number of hydrogen-bond donors (Lipinski definition) is 0. The van der Waals surface area contributed by atoms with Crippen LogP contribution in [0.3, 0.4) is 0 Å². The third-order valence-corrected chi connectivity index (χ3v) is 7.36. The number of allylic oxidation sites excluding steroid dienone is 6. The van der Waals surface area contributed by atoms with Gasteiger partial charge in [0.2, 0.25) is 0 Å². The molecule has 0 N–H and O–H groups in total. The Morgan fingerprint density at radius 1 is 0.585 bits per heavy atom. The highest BCUT2D eigenvalue weighted by molar-refractivity contribution is 5.93. The molecule has 0 radical (unpaired) electrons. The Bertz CT molecular complexity index is 1500. The van der Waals surface area contributed by atoms with Crippen LogP contribution in [0.25, 0.3) is 28.9 Å². The Kier molecular flexibility index (Phi) is 11.2. The minimum Gasteiger partial charge on any atom is -0.0987 e. The summed E-state index contributed by atoms with van der Waals surface area (Å²) in [5.74, 6) is 0. The van der Waals surface area contributed by atoms with Gasteiger partial charge in [0.1, 0.15) is 0 Å². The predicted molar refractivity (Wildman–Crippen MR) is 184 cm³/mol. The van der Waals surface area contributed by atoms with E-state index in [9.17, 15) is 0 Å². The van der Waals surface area contributed by atoms with E-state index in [0.717, 1.165) is 5.56 Å². The lowest BCUT2D eigenvalue weighted by Gasteiger charge is -2.35. The Labute approximate surface area is 248 Å². The number of rotatable bonds is 7. The normalized spacial score (nSPS) is 13.2. The van der Waals surface area contributed by atoms with Crippen molar-refractivity contribution in [2.45, 2.75) is 47.0 Å². The van der Waals surface area contributed by atoms with E-state index in [1.807, 2.05) is 40.7 Å². The molecular formula is C41H44. The minimum atomic E-state index is -0.472. The largest absolute Gasteiger partial charge is 0.0987 e. The van der Waals surface area contributed by atoms with E-state index in [4.69, 9.17) is 0 Å². The van der Waals surface area contributed by atoms with Gasteiger partial charge in [-0.15, -0.1) is 0 Å². The van der Waals surface area contributed by atoms with Crippen molar-refractivity contribution < 1.29 is 0 Å². The fourth-order valence-electron chi connectivity index (χ4n) is 5.91. The molecule has 0 saturated heterocycles. The smallest absolute Gasteiger partial charge is 0.0713 e. The second-order valence-corrected chi connectivity index (χ2v) is 9.29. The van der Waals surface area contributed by atoms with Crippen LogP contribution in [0.2, 0.25) is 0 Å². The van der Waals surface area contributed by atoms with E-state index in [1.165, 1.54) is 50.1 Å². The monoisotopic (exact) mass is 536 g/mol. The van der Waals surface area contributed by atoms with E-state index in [1.54, 1.807) is 0 Å². The maximum Gasteiger partial charge on any atom is 0.0713 e. The van der Waals surface area contributed by atoms with Crippen LogP contribution in [0.4, 0.5) is 0 Å². The summed E-state index contributed by atoms with van der Waals surface area (Å²) in [6, 6.07) is 35.1. The lowest BCUT2D eigenvalue weighted by Crippen LogP contribution is -2.29. The van der Waals surface area contributed by atoms with Crippen molar-refractivity contribution in [1.29, 1.82) is 0 Å². The van der Waals surface area contributed by atoms with Crippen molar-refractivity contribution in [3.8, 4) is 11.1 Å². The van der Waals surface area contributed by atoms with Crippen LogP contribution < -0.4 is 0 Å². The van der Waals surface area contributed by atoms with E-state index >= 15 is 0 Å². The molecule has 0 spiro atoms. The first-order valence-electron chi connectivity index (χ1n) is 14.8. The molecule has 0 saturated carbocycles. The van der Waals surface area contributed by atoms with Crippen molar-refractivity contribution in [3.63, 3.8) is 0 Å². The number of fused-ring (bicyclic) bond motifs is 1. The highest BCUT2D eigenvalue weighted by Gasteiger charge is 2.46. The second-order valence-electron chi connectivity index (χ2n) is 9.29. The van der Waals surface area contributed by atoms with Crippen molar-refractivity contribution in [1.82, 2.24) is 0 Å². The fraction of sp³-hybridized carbons (Fsp3) is 0.171. The summed E-state index contributed by atoms with van der Waals surface area (Å²) in [4.78, 5) is 0. The first kappa shape index (κ1) is 31.1. The van der Waals surface area contributed by atoms with Gasteiger partial charge in [0.15, 0.2) is 0 Å². The van der Waals surface area contributed by atoms with Crippen LogP contribution in [-0.2, 0) is 5.41 Å². The number of hydrogen-bond acceptors (Lipinski definition) is 0. The zero-order valence-corrected chi connectivity index (χ0v) is 25.6. The van der Waals surface area contributed by atoms with Gasteiger partial charge in [-0.05, 0) is 75.6 Å². The SMILES string of the molecule is C=CC1=C(/C=C\C)c2ccc(-c3cccc(/C=C\C)c3C=C)cc2C1(c1ccccc1)c1ccccc1.CC.CC. The topological polar surface area (TPSA) is 0 Å². The highest BCUT2D eigenvalue weighted by Crippen LogP contribution is 2.56. The molecule has 1 aliphatic rings. The lowest BCUT2D eigenvalue weighted by molar-refractivity contribution is 0.762. The predicted octanol–water partition coefficient (Wildman–Crippen LogP) is 11.9. The molecule has 5 rings (SSSR count). The van der Waals surface area contributed by atoms with Crippen molar-refractivity contribution >= 4 is 17.7 Å². The molecular weight excluding hydrogens is 492 g/mol. The molecule has 0 bridgehead atoms. The molecule has 1 aliphatic carbocycles. The summed E-state index contributed by atoms with van der Waals surface area (Å²) in [6.07, 6.45) is 12.6. The maximum atomic E-state index is 4.33. The van der Waals surface area contributed by atoms with E-state index in [0.29, 0.717) is 0 Å². The van der Waals surface area contributed by atoms with Crippen LogP contribution in [0, 0.1) is 0 Å². The molecule has 0 heteroatoms. The van der Waals surface area contributed by atoms with Gasteiger partial charge in [0.05, 0.1) is 5.41 Å². The van der Waals surface area contributed by atoms with Crippen molar-refractivity contribution in [2.75, 3.05) is 0 Å². The van der Waals surface area contributed by atoms with Gasteiger partial charge >= 0.3 is 0 Å². The van der Waals surface area contributed by atoms with Crippen LogP contribution in [-0.4, -0.2) is 0 Å². The average molecular weight is 537 g/mol. The molecule has 0 fully saturated rings. The van der Waals surface area contributed by atoms with Gasteiger partial charge < -0.3 is 0 Å². The minimum absolute atomic E-state index is 0.472. The molecule has 0 amide bonds. The lowest BCUT2D eigenvalue weighted by atomic mass is 9.66. The molecule has 0 aliphatic heterocycles. The third-order valence-electron chi connectivity index (χ3n) is 7.36. The van der Waals surface area contributed by atoms with Gasteiger partial charge in [-0.3, -0.25) is 0 Å². The van der Waals surface area contributed by atoms with Gasteiger partial charge in [-0.2, -0.15) is 0 Å². The Balaban J connectivity index is 0.00000111. The summed E-state index contributed by atoms with van der Waals surface area (Å²) in [5.41, 5.74) is 11.6. The van der Waals surface area contributed by atoms with Gasteiger partial charge in [0.25, 0.3) is 0 Å². The average Bonchev–Trinajstić information content (AvgIpc) is 3.33. The zero-order valence-electron chi connectivity index (χ0n) is 25.6. The fourth-order valence-corrected chi connectivity index (χ4v) is 5.91. The zero-order chi connectivity index (χ0) is 29.8. The van der Waals surface area contributed by atoms with Crippen LogP contribution in [0.1, 0.15) is 74.9 Å².